The highest BCUT2D eigenvalue weighted by Crippen LogP contribution is 2.28. The van der Waals surface area contributed by atoms with E-state index in [1.165, 1.54) is 18.6 Å². The zero-order valence-electron chi connectivity index (χ0n) is 13.2. The van der Waals surface area contributed by atoms with Gasteiger partial charge in [-0.05, 0) is 42.9 Å². The highest BCUT2D eigenvalue weighted by Gasteiger charge is 2.27. The molecule has 23 heavy (non-hydrogen) atoms. The van der Waals surface area contributed by atoms with Crippen molar-refractivity contribution in [2.45, 2.75) is 55.9 Å². The van der Waals surface area contributed by atoms with Crippen molar-refractivity contribution in [1.82, 2.24) is 4.72 Å². The van der Waals surface area contributed by atoms with Crippen molar-refractivity contribution in [3.63, 3.8) is 0 Å². The summed E-state index contributed by atoms with van der Waals surface area (Å²) in [5.74, 6) is 0.295. The van der Waals surface area contributed by atoms with Crippen LogP contribution in [0.25, 0.3) is 0 Å². The molecular formula is C17H24N2O3S. The smallest absolute Gasteiger partial charge is 0.240 e. The van der Waals surface area contributed by atoms with Crippen molar-refractivity contribution in [3.8, 4) is 6.07 Å². The number of benzene rings is 1. The van der Waals surface area contributed by atoms with E-state index in [0.29, 0.717) is 12.3 Å². The van der Waals surface area contributed by atoms with Crippen LogP contribution < -0.4 is 4.72 Å². The number of aliphatic hydroxyl groups excluding tert-OH is 1. The van der Waals surface area contributed by atoms with Gasteiger partial charge in [0.15, 0.2) is 0 Å². The molecule has 0 aromatic heterocycles. The molecule has 0 heterocycles. The maximum absolute atomic E-state index is 12.6. The molecule has 2 N–H and O–H groups in total. The summed E-state index contributed by atoms with van der Waals surface area (Å²) in [6.07, 6.45) is 6.17. The fourth-order valence-corrected chi connectivity index (χ4v) is 4.55. The van der Waals surface area contributed by atoms with E-state index < -0.39 is 10.0 Å². The summed E-state index contributed by atoms with van der Waals surface area (Å²) >= 11 is 0. The van der Waals surface area contributed by atoms with E-state index in [4.69, 9.17) is 5.26 Å². The number of nitrogens with zero attached hydrogens (tertiary/aromatic N) is 1. The lowest BCUT2D eigenvalue weighted by Gasteiger charge is -2.30. The number of sulfonamides is 1. The summed E-state index contributed by atoms with van der Waals surface area (Å²) in [5, 5.41) is 17.9. The van der Waals surface area contributed by atoms with Crippen LogP contribution in [0, 0.1) is 17.2 Å². The molecule has 1 aromatic carbocycles. The van der Waals surface area contributed by atoms with Crippen LogP contribution in [-0.4, -0.2) is 26.2 Å². The molecule has 0 spiro atoms. The fraction of sp³-hybridized carbons (Fsp3) is 0.588. The molecule has 0 bridgehead atoms. The minimum absolute atomic E-state index is 0.0230. The average Bonchev–Trinajstić information content (AvgIpc) is 2.56. The highest BCUT2D eigenvalue weighted by atomic mass is 32.2. The normalized spacial score (nSPS) is 17.6. The van der Waals surface area contributed by atoms with Gasteiger partial charge < -0.3 is 5.11 Å². The zero-order chi connectivity index (χ0) is 16.7. The van der Waals surface area contributed by atoms with Crippen LogP contribution in [-0.2, 0) is 16.4 Å². The molecule has 126 valence electrons. The van der Waals surface area contributed by atoms with Gasteiger partial charge in [0.2, 0.25) is 10.0 Å². The monoisotopic (exact) mass is 336 g/mol. The standard InChI is InChI=1S/C17H24N2O3S/c18-12-10-14-6-8-16(9-7-14)23(21,22)19-17(11-13-20)15-4-2-1-3-5-15/h6-9,15,17,19-20H,1-5,10-11,13H2. The molecular weight excluding hydrogens is 312 g/mol. The molecule has 1 atom stereocenters. The van der Waals surface area contributed by atoms with E-state index in [1.807, 2.05) is 6.07 Å². The Morgan fingerprint density at radius 2 is 1.87 bits per heavy atom. The van der Waals surface area contributed by atoms with Crippen LogP contribution in [0.15, 0.2) is 29.2 Å². The lowest BCUT2D eigenvalue weighted by molar-refractivity contribution is 0.221. The second kappa shape index (κ2) is 8.44. The summed E-state index contributed by atoms with van der Waals surface area (Å²) in [5.41, 5.74) is 0.797. The molecule has 1 aliphatic carbocycles. The Labute approximate surface area is 138 Å². The Balaban J connectivity index is 2.11. The number of hydrogen-bond acceptors (Lipinski definition) is 4. The van der Waals surface area contributed by atoms with E-state index in [0.717, 1.165) is 31.2 Å². The van der Waals surface area contributed by atoms with Gasteiger partial charge in [-0.1, -0.05) is 31.4 Å². The van der Waals surface area contributed by atoms with E-state index in [-0.39, 0.29) is 24.0 Å². The highest BCUT2D eigenvalue weighted by molar-refractivity contribution is 7.89. The first-order valence-corrected chi connectivity index (χ1v) is 9.64. The first-order chi connectivity index (χ1) is 11.1. The van der Waals surface area contributed by atoms with Gasteiger partial charge in [-0.15, -0.1) is 0 Å². The Bertz CT molecular complexity index is 629. The Morgan fingerprint density at radius 3 is 2.43 bits per heavy atom. The third-order valence-corrected chi connectivity index (χ3v) is 5.99. The van der Waals surface area contributed by atoms with Gasteiger partial charge in [0.25, 0.3) is 0 Å². The van der Waals surface area contributed by atoms with Crippen LogP contribution in [0.2, 0.25) is 0 Å². The predicted molar refractivity (Wildman–Crippen MR) is 88.1 cm³/mol. The van der Waals surface area contributed by atoms with Gasteiger partial charge in [-0.25, -0.2) is 13.1 Å². The van der Waals surface area contributed by atoms with Gasteiger partial charge in [0.1, 0.15) is 0 Å². The van der Waals surface area contributed by atoms with E-state index in [1.54, 1.807) is 12.1 Å². The van der Waals surface area contributed by atoms with Crippen molar-refractivity contribution < 1.29 is 13.5 Å². The molecule has 0 saturated heterocycles. The molecule has 0 amide bonds. The van der Waals surface area contributed by atoms with Crippen LogP contribution in [0.3, 0.4) is 0 Å². The molecule has 1 unspecified atom stereocenters. The van der Waals surface area contributed by atoms with Gasteiger partial charge >= 0.3 is 0 Å². The maximum Gasteiger partial charge on any atom is 0.240 e. The molecule has 2 rings (SSSR count). The molecule has 1 saturated carbocycles. The van der Waals surface area contributed by atoms with E-state index in [2.05, 4.69) is 4.72 Å². The van der Waals surface area contributed by atoms with Crippen LogP contribution >= 0.6 is 0 Å². The summed E-state index contributed by atoms with van der Waals surface area (Å²) < 4.78 is 27.9. The maximum atomic E-state index is 12.6. The fourth-order valence-electron chi connectivity index (χ4n) is 3.21. The van der Waals surface area contributed by atoms with Crippen molar-refractivity contribution in [3.05, 3.63) is 29.8 Å². The topological polar surface area (TPSA) is 90.2 Å². The molecule has 0 aliphatic heterocycles. The van der Waals surface area contributed by atoms with Gasteiger partial charge in [0.05, 0.1) is 17.4 Å². The second-order valence-electron chi connectivity index (χ2n) is 6.12. The van der Waals surface area contributed by atoms with Gasteiger partial charge in [-0.3, -0.25) is 0 Å². The number of aliphatic hydroxyl groups is 1. The lowest BCUT2D eigenvalue weighted by atomic mass is 9.83. The largest absolute Gasteiger partial charge is 0.396 e. The minimum atomic E-state index is -3.61. The Hall–Kier alpha value is -1.42. The third kappa shape index (κ3) is 5.03. The van der Waals surface area contributed by atoms with Gasteiger partial charge in [0, 0.05) is 12.6 Å². The Morgan fingerprint density at radius 1 is 1.22 bits per heavy atom. The van der Waals surface area contributed by atoms with E-state index >= 15 is 0 Å². The number of nitriles is 1. The Kier molecular flexibility index (Phi) is 6.58. The lowest BCUT2D eigenvalue weighted by Crippen LogP contribution is -2.41. The minimum Gasteiger partial charge on any atom is -0.396 e. The number of rotatable bonds is 7. The zero-order valence-corrected chi connectivity index (χ0v) is 14.1. The SMILES string of the molecule is N#CCc1ccc(S(=O)(=O)NC(CCO)C2CCCCC2)cc1. The molecule has 1 aliphatic rings. The van der Waals surface area contributed by atoms with Crippen LogP contribution in [0.1, 0.15) is 44.1 Å². The quantitative estimate of drug-likeness (QED) is 0.800. The molecule has 1 fully saturated rings. The van der Waals surface area contributed by atoms with Crippen molar-refractivity contribution >= 4 is 10.0 Å². The second-order valence-corrected chi connectivity index (χ2v) is 7.83. The van der Waals surface area contributed by atoms with Crippen molar-refractivity contribution in [1.29, 1.82) is 5.26 Å². The average molecular weight is 336 g/mol. The number of hydrogen-bond donors (Lipinski definition) is 2. The van der Waals surface area contributed by atoms with Crippen LogP contribution in [0.4, 0.5) is 0 Å². The molecule has 5 nitrogen and oxygen atoms in total. The summed E-state index contributed by atoms with van der Waals surface area (Å²) in [7, 11) is -3.61. The first-order valence-electron chi connectivity index (χ1n) is 8.16. The van der Waals surface area contributed by atoms with E-state index in [9.17, 15) is 13.5 Å². The van der Waals surface area contributed by atoms with Crippen LogP contribution in [0.5, 0.6) is 0 Å². The van der Waals surface area contributed by atoms with Gasteiger partial charge in [-0.2, -0.15) is 5.26 Å². The summed E-state index contributed by atoms with van der Waals surface area (Å²) in [6, 6.07) is 8.22. The van der Waals surface area contributed by atoms with Crippen molar-refractivity contribution in [2.75, 3.05) is 6.61 Å². The molecule has 0 radical (unpaired) electrons. The third-order valence-electron chi connectivity index (χ3n) is 4.48. The molecule has 1 aromatic rings. The number of nitrogens with one attached hydrogen (secondary N) is 1. The summed E-state index contributed by atoms with van der Waals surface area (Å²) in [6.45, 7) is -0.0230. The first kappa shape index (κ1) is 17.9. The van der Waals surface area contributed by atoms with Crippen molar-refractivity contribution in [2.24, 2.45) is 5.92 Å². The predicted octanol–water partition coefficient (Wildman–Crippen LogP) is 2.36. The molecule has 6 heteroatoms. The summed E-state index contributed by atoms with van der Waals surface area (Å²) in [4.78, 5) is 0.206.